The summed E-state index contributed by atoms with van der Waals surface area (Å²) in [6, 6.07) is 0. The fourth-order valence-electron chi connectivity index (χ4n) is 2.21. The minimum atomic E-state index is 0.225. The number of rotatable bonds is 6. The average molecular weight is 253 g/mol. The predicted molar refractivity (Wildman–Crippen MR) is 69.3 cm³/mol. The van der Waals surface area contributed by atoms with Gasteiger partial charge in [0.25, 0.3) is 0 Å². The lowest BCUT2D eigenvalue weighted by Crippen LogP contribution is -2.44. The summed E-state index contributed by atoms with van der Waals surface area (Å²) in [7, 11) is 0. The molecule has 6 heteroatoms. The molecule has 0 bridgehead atoms. The summed E-state index contributed by atoms with van der Waals surface area (Å²) in [4.78, 5) is 2.40. The van der Waals surface area contributed by atoms with Gasteiger partial charge in [-0.2, -0.15) is 0 Å². The van der Waals surface area contributed by atoms with Gasteiger partial charge >= 0.3 is 0 Å². The van der Waals surface area contributed by atoms with E-state index in [0.717, 1.165) is 51.3 Å². The van der Waals surface area contributed by atoms with E-state index in [1.54, 1.807) is 0 Å². The number of hydrogen-bond donors (Lipinski definition) is 1. The van der Waals surface area contributed by atoms with Crippen molar-refractivity contribution < 1.29 is 4.74 Å². The largest absolute Gasteiger partial charge is 0.374 e. The summed E-state index contributed by atoms with van der Waals surface area (Å²) < 4.78 is 7.64. The maximum Gasteiger partial charge on any atom is 0.0898 e. The summed E-state index contributed by atoms with van der Waals surface area (Å²) in [6.07, 6.45) is 4.10. The third-order valence-electron chi connectivity index (χ3n) is 3.28. The summed E-state index contributed by atoms with van der Waals surface area (Å²) >= 11 is 0. The van der Waals surface area contributed by atoms with Crippen LogP contribution in [0.2, 0.25) is 0 Å². The van der Waals surface area contributed by atoms with Crippen molar-refractivity contribution in [1.29, 1.82) is 0 Å². The van der Waals surface area contributed by atoms with Crippen molar-refractivity contribution in [3.63, 3.8) is 0 Å². The van der Waals surface area contributed by atoms with Crippen LogP contribution >= 0.6 is 0 Å². The number of nitrogens with zero attached hydrogens (tertiary/aromatic N) is 4. The first-order valence-electron chi connectivity index (χ1n) is 6.75. The zero-order valence-electron chi connectivity index (χ0n) is 11.1. The van der Waals surface area contributed by atoms with Gasteiger partial charge in [0.2, 0.25) is 0 Å². The Labute approximate surface area is 108 Å². The molecule has 102 valence electrons. The molecule has 18 heavy (non-hydrogen) atoms. The Balaban J connectivity index is 1.83. The SMILES string of the molecule is CCN1CCOC(Cn2cc(CCCN)nn2)C1. The van der Waals surface area contributed by atoms with Gasteiger partial charge in [-0.1, -0.05) is 12.1 Å². The number of morpholine rings is 1. The third-order valence-corrected chi connectivity index (χ3v) is 3.28. The van der Waals surface area contributed by atoms with Crippen molar-refractivity contribution in [2.75, 3.05) is 32.8 Å². The van der Waals surface area contributed by atoms with Gasteiger partial charge in [0.05, 0.1) is 24.9 Å². The summed E-state index contributed by atoms with van der Waals surface area (Å²) in [5, 5.41) is 8.29. The highest BCUT2D eigenvalue weighted by molar-refractivity contribution is 4.92. The Hall–Kier alpha value is -0.980. The van der Waals surface area contributed by atoms with Crippen molar-refractivity contribution in [3.8, 4) is 0 Å². The van der Waals surface area contributed by atoms with Gasteiger partial charge in [-0.15, -0.1) is 5.10 Å². The molecule has 1 fully saturated rings. The monoisotopic (exact) mass is 253 g/mol. The zero-order valence-corrected chi connectivity index (χ0v) is 11.1. The Bertz CT molecular complexity index is 354. The second-order valence-electron chi connectivity index (χ2n) is 4.71. The smallest absolute Gasteiger partial charge is 0.0898 e. The Morgan fingerprint density at radius 3 is 3.22 bits per heavy atom. The predicted octanol–water partition coefficient (Wildman–Crippen LogP) is -0.110. The van der Waals surface area contributed by atoms with Crippen molar-refractivity contribution >= 4 is 0 Å². The minimum absolute atomic E-state index is 0.225. The molecule has 0 saturated carbocycles. The standard InChI is InChI=1S/C12H23N5O/c1-2-16-6-7-18-12(9-16)10-17-8-11(14-15-17)4-3-5-13/h8,12H,2-7,9-10,13H2,1H3. The third kappa shape index (κ3) is 3.76. The van der Waals surface area contributed by atoms with Crippen LogP contribution in [-0.2, 0) is 17.7 Å². The topological polar surface area (TPSA) is 69.2 Å². The molecule has 0 radical (unpaired) electrons. The number of ether oxygens (including phenoxy) is 1. The van der Waals surface area contributed by atoms with Gasteiger partial charge in [-0.3, -0.25) is 4.90 Å². The molecule has 2 N–H and O–H groups in total. The summed E-state index contributed by atoms with van der Waals surface area (Å²) in [6.45, 7) is 7.58. The molecule has 0 spiro atoms. The van der Waals surface area contributed by atoms with E-state index in [4.69, 9.17) is 10.5 Å². The van der Waals surface area contributed by atoms with E-state index < -0.39 is 0 Å². The molecule has 0 amide bonds. The van der Waals surface area contributed by atoms with Crippen LogP contribution in [0.25, 0.3) is 0 Å². The van der Waals surface area contributed by atoms with Gasteiger partial charge in [0.1, 0.15) is 0 Å². The number of likely N-dealkylation sites (N-methyl/N-ethyl adjacent to an activating group) is 1. The Morgan fingerprint density at radius 2 is 2.44 bits per heavy atom. The van der Waals surface area contributed by atoms with E-state index in [1.807, 2.05) is 10.9 Å². The number of hydrogen-bond acceptors (Lipinski definition) is 5. The second-order valence-corrected chi connectivity index (χ2v) is 4.71. The van der Waals surface area contributed by atoms with Crippen LogP contribution in [0.1, 0.15) is 19.0 Å². The molecule has 1 aromatic heterocycles. The van der Waals surface area contributed by atoms with E-state index in [1.165, 1.54) is 0 Å². The fourth-order valence-corrected chi connectivity index (χ4v) is 2.21. The minimum Gasteiger partial charge on any atom is -0.374 e. The van der Waals surface area contributed by atoms with E-state index in [-0.39, 0.29) is 6.10 Å². The normalized spacial score (nSPS) is 21.3. The van der Waals surface area contributed by atoms with E-state index in [2.05, 4.69) is 22.1 Å². The highest BCUT2D eigenvalue weighted by atomic mass is 16.5. The molecule has 0 aromatic carbocycles. The van der Waals surface area contributed by atoms with E-state index in [9.17, 15) is 0 Å². The Kier molecular flexibility index (Phi) is 5.10. The lowest BCUT2D eigenvalue weighted by Gasteiger charge is -2.31. The highest BCUT2D eigenvalue weighted by Crippen LogP contribution is 2.07. The van der Waals surface area contributed by atoms with Crippen molar-refractivity contribution in [2.45, 2.75) is 32.4 Å². The molecule has 1 aliphatic heterocycles. The molecular formula is C12H23N5O. The first-order chi connectivity index (χ1) is 8.81. The fraction of sp³-hybridized carbons (Fsp3) is 0.833. The van der Waals surface area contributed by atoms with Crippen LogP contribution in [-0.4, -0.2) is 58.8 Å². The molecule has 0 aliphatic carbocycles. The molecule has 1 saturated heterocycles. The molecule has 6 nitrogen and oxygen atoms in total. The quantitative estimate of drug-likeness (QED) is 0.766. The number of aromatic nitrogens is 3. The van der Waals surface area contributed by atoms with Crippen LogP contribution in [0.5, 0.6) is 0 Å². The molecule has 2 heterocycles. The first-order valence-corrected chi connectivity index (χ1v) is 6.75. The van der Waals surface area contributed by atoms with Crippen LogP contribution in [0.15, 0.2) is 6.20 Å². The molecule has 2 rings (SSSR count). The van der Waals surface area contributed by atoms with Crippen molar-refractivity contribution in [1.82, 2.24) is 19.9 Å². The average Bonchev–Trinajstić information content (AvgIpc) is 2.84. The lowest BCUT2D eigenvalue weighted by atomic mass is 10.2. The molecule has 1 aliphatic rings. The number of aryl methyl sites for hydroxylation is 1. The maximum atomic E-state index is 5.75. The van der Waals surface area contributed by atoms with Crippen LogP contribution in [0, 0.1) is 0 Å². The summed E-state index contributed by atoms with van der Waals surface area (Å²) in [5.41, 5.74) is 6.50. The van der Waals surface area contributed by atoms with Gasteiger partial charge in [0.15, 0.2) is 0 Å². The van der Waals surface area contributed by atoms with Gasteiger partial charge in [-0.05, 0) is 25.9 Å². The van der Waals surface area contributed by atoms with Gasteiger partial charge in [-0.25, -0.2) is 4.68 Å². The van der Waals surface area contributed by atoms with Crippen LogP contribution in [0.4, 0.5) is 0 Å². The van der Waals surface area contributed by atoms with Crippen LogP contribution < -0.4 is 5.73 Å². The maximum absolute atomic E-state index is 5.75. The molecule has 1 unspecified atom stereocenters. The number of nitrogens with two attached hydrogens (primary N) is 1. The van der Waals surface area contributed by atoms with Crippen molar-refractivity contribution in [2.24, 2.45) is 5.73 Å². The summed E-state index contributed by atoms with van der Waals surface area (Å²) in [5.74, 6) is 0. The highest BCUT2D eigenvalue weighted by Gasteiger charge is 2.20. The Morgan fingerprint density at radius 1 is 1.56 bits per heavy atom. The molecule has 1 aromatic rings. The second kappa shape index (κ2) is 6.82. The van der Waals surface area contributed by atoms with E-state index >= 15 is 0 Å². The zero-order chi connectivity index (χ0) is 12.8. The first kappa shape index (κ1) is 13.5. The van der Waals surface area contributed by atoms with Gasteiger partial charge < -0.3 is 10.5 Å². The van der Waals surface area contributed by atoms with Crippen LogP contribution in [0.3, 0.4) is 0 Å². The van der Waals surface area contributed by atoms with Gasteiger partial charge in [0, 0.05) is 19.3 Å². The van der Waals surface area contributed by atoms with Crippen molar-refractivity contribution in [3.05, 3.63) is 11.9 Å². The lowest BCUT2D eigenvalue weighted by molar-refractivity contribution is -0.0360. The molecule has 1 atom stereocenters. The van der Waals surface area contributed by atoms with E-state index in [0.29, 0.717) is 6.54 Å². The molecular weight excluding hydrogens is 230 g/mol.